The molecule has 0 aliphatic carbocycles. The molecule has 1 aromatic heterocycles. The van der Waals surface area contributed by atoms with Crippen LogP contribution in [-0.2, 0) is 11.3 Å². The van der Waals surface area contributed by atoms with Gasteiger partial charge in [-0.25, -0.2) is 18.6 Å². The summed E-state index contributed by atoms with van der Waals surface area (Å²) in [5.74, 6) is -3.01. The summed E-state index contributed by atoms with van der Waals surface area (Å²) >= 11 is 0. The summed E-state index contributed by atoms with van der Waals surface area (Å²) in [7, 11) is 1.30. The Labute approximate surface area is 110 Å². The lowest BCUT2D eigenvalue weighted by Crippen LogP contribution is -2.38. The molecule has 104 valence electrons. The summed E-state index contributed by atoms with van der Waals surface area (Å²) in [5.41, 5.74) is 1.15. The first-order chi connectivity index (χ1) is 9.00. The molecule has 4 nitrogen and oxygen atoms in total. The van der Waals surface area contributed by atoms with E-state index in [1.165, 1.54) is 7.11 Å². The summed E-state index contributed by atoms with van der Waals surface area (Å²) in [5, 5.41) is 0. The van der Waals surface area contributed by atoms with Gasteiger partial charge in [-0.3, -0.25) is 4.90 Å². The summed E-state index contributed by atoms with van der Waals surface area (Å²) in [4.78, 5) is 17.2. The van der Waals surface area contributed by atoms with Crippen LogP contribution in [0.1, 0.15) is 28.9 Å². The Kier molecular flexibility index (Phi) is 4.09. The molecular weight excluding hydrogens is 254 g/mol. The molecule has 1 aliphatic heterocycles. The number of rotatable bonds is 3. The zero-order valence-corrected chi connectivity index (χ0v) is 10.7. The second-order valence-corrected chi connectivity index (χ2v) is 4.68. The minimum atomic E-state index is -2.52. The number of pyridine rings is 1. The van der Waals surface area contributed by atoms with Crippen molar-refractivity contribution in [2.75, 3.05) is 20.2 Å². The summed E-state index contributed by atoms with van der Waals surface area (Å²) in [6, 6.07) is 3.35. The van der Waals surface area contributed by atoms with Crippen molar-refractivity contribution in [3.8, 4) is 0 Å². The predicted octanol–water partition coefficient (Wildman–Crippen LogP) is 2.10. The fourth-order valence-corrected chi connectivity index (χ4v) is 2.04. The van der Waals surface area contributed by atoms with Gasteiger partial charge in [-0.1, -0.05) is 6.07 Å². The molecule has 1 saturated heterocycles. The van der Waals surface area contributed by atoms with E-state index in [9.17, 15) is 13.6 Å². The van der Waals surface area contributed by atoms with Crippen LogP contribution < -0.4 is 0 Å². The maximum Gasteiger partial charge on any atom is 0.356 e. The number of hydrogen-bond donors (Lipinski definition) is 0. The molecule has 19 heavy (non-hydrogen) atoms. The number of hydrogen-bond acceptors (Lipinski definition) is 4. The zero-order chi connectivity index (χ0) is 13.9. The SMILES string of the molecule is COC(=O)c1ccc(CN2CCC(F)(F)CC2)cn1. The van der Waals surface area contributed by atoms with E-state index in [-0.39, 0.29) is 18.5 Å². The topological polar surface area (TPSA) is 42.4 Å². The monoisotopic (exact) mass is 270 g/mol. The number of nitrogens with zero attached hydrogens (tertiary/aromatic N) is 2. The smallest absolute Gasteiger partial charge is 0.356 e. The second kappa shape index (κ2) is 5.61. The molecule has 2 heterocycles. The van der Waals surface area contributed by atoms with Gasteiger partial charge in [-0.2, -0.15) is 0 Å². The molecule has 0 atom stereocenters. The third-order valence-electron chi connectivity index (χ3n) is 3.21. The van der Waals surface area contributed by atoms with Gasteiger partial charge in [0.1, 0.15) is 5.69 Å². The van der Waals surface area contributed by atoms with E-state index < -0.39 is 11.9 Å². The van der Waals surface area contributed by atoms with Crippen LogP contribution in [0.25, 0.3) is 0 Å². The lowest BCUT2D eigenvalue weighted by Gasteiger charge is -2.31. The van der Waals surface area contributed by atoms with Gasteiger partial charge < -0.3 is 4.74 Å². The third kappa shape index (κ3) is 3.70. The molecule has 0 amide bonds. The first-order valence-corrected chi connectivity index (χ1v) is 6.13. The van der Waals surface area contributed by atoms with E-state index in [0.717, 1.165) is 5.56 Å². The third-order valence-corrected chi connectivity index (χ3v) is 3.21. The first-order valence-electron chi connectivity index (χ1n) is 6.13. The van der Waals surface area contributed by atoms with Gasteiger partial charge in [0, 0.05) is 38.7 Å². The van der Waals surface area contributed by atoms with E-state index in [1.807, 2.05) is 4.90 Å². The Morgan fingerprint density at radius 3 is 2.63 bits per heavy atom. The van der Waals surface area contributed by atoms with Crippen LogP contribution in [-0.4, -0.2) is 42.0 Å². The first kappa shape index (κ1) is 13.9. The number of esters is 1. The van der Waals surface area contributed by atoms with Crippen molar-refractivity contribution in [1.82, 2.24) is 9.88 Å². The van der Waals surface area contributed by atoms with Crippen molar-refractivity contribution in [2.24, 2.45) is 0 Å². The van der Waals surface area contributed by atoms with Crippen molar-refractivity contribution < 1.29 is 18.3 Å². The van der Waals surface area contributed by atoms with Gasteiger partial charge in [0.15, 0.2) is 0 Å². The Hall–Kier alpha value is -1.56. The number of ether oxygens (including phenoxy) is 1. The average molecular weight is 270 g/mol. The summed E-state index contributed by atoms with van der Waals surface area (Å²) < 4.78 is 30.6. The lowest BCUT2D eigenvalue weighted by molar-refractivity contribution is -0.0566. The number of methoxy groups -OCH3 is 1. The standard InChI is InChI=1S/C13H16F2N2O2/c1-19-12(18)11-3-2-10(8-16-11)9-17-6-4-13(14,15)5-7-17/h2-3,8H,4-7,9H2,1H3. The van der Waals surface area contributed by atoms with E-state index in [0.29, 0.717) is 19.6 Å². The molecule has 1 aromatic rings. The van der Waals surface area contributed by atoms with E-state index >= 15 is 0 Å². The normalized spacial score (nSPS) is 19.1. The lowest BCUT2D eigenvalue weighted by atomic mass is 10.1. The highest BCUT2D eigenvalue weighted by Gasteiger charge is 2.33. The van der Waals surface area contributed by atoms with Crippen molar-refractivity contribution >= 4 is 5.97 Å². The molecule has 1 fully saturated rings. The highest BCUT2D eigenvalue weighted by Crippen LogP contribution is 2.28. The van der Waals surface area contributed by atoms with Crippen LogP contribution >= 0.6 is 0 Å². The molecule has 0 N–H and O–H groups in total. The van der Waals surface area contributed by atoms with Gasteiger partial charge in [0.2, 0.25) is 0 Å². The van der Waals surface area contributed by atoms with Crippen LogP contribution in [0.3, 0.4) is 0 Å². The zero-order valence-electron chi connectivity index (χ0n) is 10.7. The van der Waals surface area contributed by atoms with E-state index in [1.54, 1.807) is 18.3 Å². The molecular formula is C13H16F2N2O2. The maximum atomic E-state index is 13.0. The molecule has 0 saturated carbocycles. The molecule has 0 bridgehead atoms. The Bertz CT molecular complexity index is 438. The van der Waals surface area contributed by atoms with Gasteiger partial charge in [0.05, 0.1) is 7.11 Å². The van der Waals surface area contributed by atoms with Crippen molar-refractivity contribution in [3.05, 3.63) is 29.6 Å². The van der Waals surface area contributed by atoms with Crippen LogP contribution in [0.4, 0.5) is 8.78 Å². The fourth-order valence-electron chi connectivity index (χ4n) is 2.04. The summed E-state index contributed by atoms with van der Waals surface area (Å²) in [6.07, 6.45) is 1.39. The van der Waals surface area contributed by atoms with Gasteiger partial charge in [-0.15, -0.1) is 0 Å². The van der Waals surface area contributed by atoms with Gasteiger partial charge in [0.25, 0.3) is 5.92 Å². The van der Waals surface area contributed by atoms with Crippen LogP contribution in [0.2, 0.25) is 0 Å². The maximum absolute atomic E-state index is 13.0. The fraction of sp³-hybridized carbons (Fsp3) is 0.538. The van der Waals surface area contributed by atoms with Crippen LogP contribution in [0.15, 0.2) is 18.3 Å². The summed E-state index contributed by atoms with van der Waals surface area (Å²) in [6.45, 7) is 1.34. The molecule has 0 radical (unpaired) electrons. The van der Waals surface area contributed by atoms with E-state index in [2.05, 4.69) is 9.72 Å². The molecule has 0 aromatic carbocycles. The number of halogens is 2. The quantitative estimate of drug-likeness (QED) is 0.789. The Balaban J connectivity index is 1.92. The van der Waals surface area contributed by atoms with E-state index in [4.69, 9.17) is 0 Å². The van der Waals surface area contributed by atoms with Crippen molar-refractivity contribution in [3.63, 3.8) is 0 Å². The predicted molar refractivity (Wildman–Crippen MR) is 65.0 cm³/mol. The molecule has 6 heteroatoms. The largest absolute Gasteiger partial charge is 0.464 e. The average Bonchev–Trinajstić information content (AvgIpc) is 2.41. The Morgan fingerprint density at radius 2 is 2.11 bits per heavy atom. The number of piperidine rings is 1. The highest BCUT2D eigenvalue weighted by atomic mass is 19.3. The van der Waals surface area contributed by atoms with Gasteiger partial charge >= 0.3 is 5.97 Å². The highest BCUT2D eigenvalue weighted by molar-refractivity contribution is 5.86. The molecule has 1 aliphatic rings. The van der Waals surface area contributed by atoms with Crippen molar-refractivity contribution in [1.29, 1.82) is 0 Å². The Morgan fingerprint density at radius 1 is 1.42 bits per heavy atom. The van der Waals surface area contributed by atoms with Gasteiger partial charge in [-0.05, 0) is 11.6 Å². The number of aromatic nitrogens is 1. The molecule has 0 unspecified atom stereocenters. The number of carbonyl (C=O) groups excluding carboxylic acids is 1. The number of carbonyl (C=O) groups is 1. The molecule has 0 spiro atoms. The van der Waals surface area contributed by atoms with Crippen LogP contribution in [0.5, 0.6) is 0 Å². The van der Waals surface area contributed by atoms with Crippen molar-refractivity contribution in [2.45, 2.75) is 25.3 Å². The minimum Gasteiger partial charge on any atom is -0.464 e. The second-order valence-electron chi connectivity index (χ2n) is 4.68. The van der Waals surface area contributed by atoms with Crippen LogP contribution in [0, 0.1) is 0 Å². The number of likely N-dealkylation sites (tertiary alicyclic amines) is 1. The minimum absolute atomic E-state index is 0.0966. The molecule has 2 rings (SSSR count). The number of alkyl halides is 2.